The van der Waals surface area contributed by atoms with Crippen molar-refractivity contribution < 1.29 is 22.4 Å². The Morgan fingerprint density at radius 2 is 1.64 bits per heavy atom. The molecule has 3 rings (SSSR count). The highest BCUT2D eigenvalue weighted by Crippen LogP contribution is 2.27. The first-order valence-corrected chi connectivity index (χ1v) is 14.9. The van der Waals surface area contributed by atoms with E-state index in [0.717, 1.165) is 4.31 Å². The van der Waals surface area contributed by atoms with Crippen molar-refractivity contribution >= 4 is 43.5 Å². The van der Waals surface area contributed by atoms with Gasteiger partial charge in [-0.25, -0.2) is 12.8 Å². The molecule has 0 aliphatic heterocycles. The van der Waals surface area contributed by atoms with Gasteiger partial charge in [0.05, 0.1) is 10.6 Å². The molecule has 1 N–H and O–H groups in total. The molecule has 1 atom stereocenters. The molecule has 0 bridgehead atoms. The molecular weight excluding hydrogens is 585 g/mol. The fourth-order valence-corrected chi connectivity index (χ4v) is 5.82. The number of carbonyl (C=O) groups excluding carboxylic acids is 2. The van der Waals surface area contributed by atoms with Gasteiger partial charge in [0, 0.05) is 17.6 Å². The van der Waals surface area contributed by atoms with Crippen LogP contribution in [0.15, 0.2) is 88.2 Å². The van der Waals surface area contributed by atoms with Crippen molar-refractivity contribution in [2.45, 2.75) is 44.7 Å². The zero-order chi connectivity index (χ0) is 28.6. The van der Waals surface area contributed by atoms with E-state index in [9.17, 15) is 22.4 Å². The molecule has 0 saturated carbocycles. The van der Waals surface area contributed by atoms with Crippen molar-refractivity contribution in [3.8, 4) is 0 Å². The molecular formula is C29H33BrFN3O4S. The van der Waals surface area contributed by atoms with Gasteiger partial charge in [-0.15, -0.1) is 0 Å². The molecule has 7 nitrogen and oxygen atoms in total. The summed E-state index contributed by atoms with van der Waals surface area (Å²) in [4.78, 5) is 28.5. The monoisotopic (exact) mass is 617 g/mol. The standard InChI is InChI=1S/C29H33BrFN3O4S/c1-4-27(29(36)32-18-21(2)3)33(19-22-13-15-24(31)16-14-22)28(35)20-34(25-10-8-9-23(30)17-25)39(37,38)26-11-6-5-7-12-26/h5-17,21,27H,4,18-20H2,1-3H3,(H,32,36)/t27-/m1/s1. The van der Waals surface area contributed by atoms with E-state index in [1.165, 1.54) is 29.2 Å². The van der Waals surface area contributed by atoms with E-state index in [0.29, 0.717) is 28.7 Å². The Hall–Kier alpha value is -3.24. The van der Waals surface area contributed by atoms with Crippen molar-refractivity contribution in [3.63, 3.8) is 0 Å². The molecule has 0 saturated heterocycles. The summed E-state index contributed by atoms with van der Waals surface area (Å²) in [7, 11) is -4.14. The number of carbonyl (C=O) groups is 2. The number of sulfonamides is 1. The van der Waals surface area contributed by atoms with E-state index in [2.05, 4.69) is 21.2 Å². The highest BCUT2D eigenvalue weighted by Gasteiger charge is 2.33. The van der Waals surface area contributed by atoms with E-state index in [-0.39, 0.29) is 23.3 Å². The second kappa shape index (κ2) is 13.7. The van der Waals surface area contributed by atoms with Gasteiger partial charge < -0.3 is 10.2 Å². The minimum absolute atomic E-state index is 0.00439. The zero-order valence-electron chi connectivity index (χ0n) is 22.2. The molecule has 0 spiro atoms. The molecule has 0 unspecified atom stereocenters. The molecule has 0 heterocycles. The van der Waals surface area contributed by atoms with Gasteiger partial charge in [-0.05, 0) is 60.4 Å². The summed E-state index contributed by atoms with van der Waals surface area (Å²) in [5.74, 6) is -1.11. The van der Waals surface area contributed by atoms with Crippen LogP contribution in [0.1, 0.15) is 32.8 Å². The van der Waals surface area contributed by atoms with Crippen LogP contribution in [0.5, 0.6) is 0 Å². The topological polar surface area (TPSA) is 86.8 Å². The summed E-state index contributed by atoms with van der Waals surface area (Å²) in [5.41, 5.74) is 0.903. The molecule has 39 heavy (non-hydrogen) atoms. The number of nitrogens with zero attached hydrogens (tertiary/aromatic N) is 2. The van der Waals surface area contributed by atoms with E-state index in [1.54, 1.807) is 61.5 Å². The molecule has 0 radical (unpaired) electrons. The Bertz CT molecular complexity index is 1370. The van der Waals surface area contributed by atoms with E-state index in [1.807, 2.05) is 13.8 Å². The Balaban J connectivity index is 2.03. The Morgan fingerprint density at radius 1 is 0.974 bits per heavy atom. The van der Waals surface area contributed by atoms with Gasteiger partial charge in [0.1, 0.15) is 18.4 Å². The van der Waals surface area contributed by atoms with Crippen LogP contribution in [0.4, 0.5) is 10.1 Å². The predicted octanol–water partition coefficient (Wildman–Crippen LogP) is 5.36. The third-order valence-electron chi connectivity index (χ3n) is 6.04. The minimum atomic E-state index is -4.14. The van der Waals surface area contributed by atoms with Crippen LogP contribution in [0.2, 0.25) is 0 Å². The van der Waals surface area contributed by atoms with Gasteiger partial charge in [-0.2, -0.15) is 0 Å². The molecule has 208 valence electrons. The number of anilines is 1. The largest absolute Gasteiger partial charge is 0.354 e. The summed E-state index contributed by atoms with van der Waals surface area (Å²) >= 11 is 3.38. The molecule has 0 aromatic heterocycles. The third-order valence-corrected chi connectivity index (χ3v) is 8.32. The van der Waals surface area contributed by atoms with Crippen LogP contribution in [-0.4, -0.2) is 44.3 Å². The van der Waals surface area contributed by atoms with Crippen LogP contribution >= 0.6 is 15.9 Å². The minimum Gasteiger partial charge on any atom is -0.354 e. The van der Waals surface area contributed by atoms with Crippen LogP contribution < -0.4 is 9.62 Å². The average molecular weight is 619 g/mol. The molecule has 0 aliphatic carbocycles. The first-order valence-electron chi connectivity index (χ1n) is 12.7. The van der Waals surface area contributed by atoms with E-state index in [4.69, 9.17) is 0 Å². The summed E-state index contributed by atoms with van der Waals surface area (Å²) in [6, 6.07) is 19.3. The summed E-state index contributed by atoms with van der Waals surface area (Å²) < 4.78 is 42.8. The zero-order valence-corrected chi connectivity index (χ0v) is 24.6. The first-order chi connectivity index (χ1) is 18.5. The summed E-state index contributed by atoms with van der Waals surface area (Å²) in [5, 5.41) is 2.88. The van der Waals surface area contributed by atoms with Crippen molar-refractivity contribution in [2.24, 2.45) is 5.92 Å². The van der Waals surface area contributed by atoms with Crippen molar-refractivity contribution in [3.05, 3.63) is 94.7 Å². The quantitative estimate of drug-likeness (QED) is 0.296. The fourth-order valence-electron chi connectivity index (χ4n) is 4.01. The van der Waals surface area contributed by atoms with Crippen LogP contribution in [-0.2, 0) is 26.2 Å². The lowest BCUT2D eigenvalue weighted by Gasteiger charge is -2.33. The maximum atomic E-state index is 14.0. The van der Waals surface area contributed by atoms with Gasteiger partial charge >= 0.3 is 0 Å². The maximum Gasteiger partial charge on any atom is 0.264 e. The smallest absolute Gasteiger partial charge is 0.264 e. The average Bonchev–Trinajstić information content (AvgIpc) is 2.91. The Morgan fingerprint density at radius 3 is 2.23 bits per heavy atom. The van der Waals surface area contributed by atoms with E-state index < -0.39 is 34.3 Å². The lowest BCUT2D eigenvalue weighted by Crippen LogP contribution is -2.52. The summed E-state index contributed by atoms with van der Waals surface area (Å²) in [6.07, 6.45) is 0.305. The second-order valence-electron chi connectivity index (χ2n) is 9.52. The Kier molecular flexibility index (Phi) is 10.7. The Labute approximate surface area is 238 Å². The van der Waals surface area contributed by atoms with Crippen LogP contribution in [0.3, 0.4) is 0 Å². The van der Waals surface area contributed by atoms with Crippen molar-refractivity contribution in [1.82, 2.24) is 10.2 Å². The number of hydrogen-bond acceptors (Lipinski definition) is 4. The molecule has 3 aromatic rings. The molecule has 0 aliphatic rings. The van der Waals surface area contributed by atoms with Gasteiger partial charge in [-0.1, -0.05) is 73.1 Å². The number of amides is 2. The van der Waals surface area contributed by atoms with Crippen molar-refractivity contribution in [2.75, 3.05) is 17.4 Å². The first kappa shape index (κ1) is 30.3. The maximum absolute atomic E-state index is 14.0. The molecule has 0 fully saturated rings. The number of nitrogens with one attached hydrogen (secondary N) is 1. The highest BCUT2D eigenvalue weighted by molar-refractivity contribution is 9.10. The molecule has 10 heteroatoms. The predicted molar refractivity (Wildman–Crippen MR) is 154 cm³/mol. The lowest BCUT2D eigenvalue weighted by atomic mass is 10.1. The van der Waals surface area contributed by atoms with Gasteiger partial charge in [0.15, 0.2) is 0 Å². The third kappa shape index (κ3) is 8.12. The number of rotatable bonds is 12. The van der Waals surface area contributed by atoms with Crippen LogP contribution in [0.25, 0.3) is 0 Å². The van der Waals surface area contributed by atoms with Gasteiger partial charge in [0.25, 0.3) is 10.0 Å². The normalized spacial score (nSPS) is 12.2. The fraction of sp³-hybridized carbons (Fsp3) is 0.310. The van der Waals surface area contributed by atoms with Gasteiger partial charge in [-0.3, -0.25) is 13.9 Å². The SMILES string of the molecule is CC[C@H](C(=O)NCC(C)C)N(Cc1ccc(F)cc1)C(=O)CN(c1cccc(Br)c1)S(=O)(=O)c1ccccc1. The van der Waals surface area contributed by atoms with Crippen LogP contribution in [0, 0.1) is 11.7 Å². The number of hydrogen-bond donors (Lipinski definition) is 1. The molecule has 3 aromatic carbocycles. The van der Waals surface area contributed by atoms with E-state index >= 15 is 0 Å². The second-order valence-corrected chi connectivity index (χ2v) is 12.3. The summed E-state index contributed by atoms with van der Waals surface area (Å²) in [6.45, 7) is 5.62. The van der Waals surface area contributed by atoms with Crippen molar-refractivity contribution in [1.29, 1.82) is 0 Å². The molecule has 2 amide bonds. The number of benzene rings is 3. The highest BCUT2D eigenvalue weighted by atomic mass is 79.9. The lowest BCUT2D eigenvalue weighted by molar-refractivity contribution is -0.140. The number of halogens is 2. The van der Waals surface area contributed by atoms with Gasteiger partial charge in [0.2, 0.25) is 11.8 Å².